The molecule has 2 N–H and O–H groups in total. The first-order valence-electron chi connectivity index (χ1n) is 6.93. The molecule has 0 bridgehead atoms. The number of anilines is 1. The number of aromatic amines is 1. The van der Waals surface area contributed by atoms with Gasteiger partial charge in [-0.25, -0.2) is 5.10 Å². The van der Waals surface area contributed by atoms with Gasteiger partial charge in [0.15, 0.2) is 0 Å². The topological polar surface area (TPSA) is 77.2 Å². The third kappa shape index (κ3) is 3.79. The zero-order valence-corrected chi connectivity index (χ0v) is 12.5. The number of H-pyrrole nitrogens is 1. The summed E-state index contributed by atoms with van der Waals surface area (Å²) in [5.41, 5.74) is 0. The van der Waals surface area contributed by atoms with E-state index >= 15 is 0 Å². The van der Waals surface area contributed by atoms with E-state index in [4.69, 9.17) is 0 Å². The van der Waals surface area contributed by atoms with Crippen molar-refractivity contribution in [3.8, 4) is 0 Å². The number of hydrogen-bond acceptors (Lipinski definition) is 6. The fraction of sp³-hybridized carbons (Fsp3) is 0.462. The molecular formula is C13H18N6OS. The van der Waals surface area contributed by atoms with Crippen LogP contribution < -0.4 is 10.2 Å². The first kappa shape index (κ1) is 14.0. The molecule has 112 valence electrons. The van der Waals surface area contributed by atoms with Crippen LogP contribution in [-0.4, -0.2) is 58.7 Å². The van der Waals surface area contributed by atoms with E-state index in [0.29, 0.717) is 13.1 Å². The van der Waals surface area contributed by atoms with Crippen LogP contribution in [0.5, 0.6) is 0 Å². The summed E-state index contributed by atoms with van der Waals surface area (Å²) in [6.07, 6.45) is 1.51. The molecule has 0 unspecified atom stereocenters. The number of nitrogens with zero attached hydrogens (tertiary/aromatic N) is 4. The minimum absolute atomic E-state index is 0.0801. The van der Waals surface area contributed by atoms with Gasteiger partial charge in [0.05, 0.1) is 13.1 Å². The maximum absolute atomic E-state index is 11.9. The van der Waals surface area contributed by atoms with Crippen molar-refractivity contribution in [1.82, 2.24) is 25.4 Å². The van der Waals surface area contributed by atoms with Gasteiger partial charge in [-0.05, 0) is 11.4 Å². The Bertz CT molecular complexity index is 547. The summed E-state index contributed by atoms with van der Waals surface area (Å²) in [6, 6.07) is 4.02. The summed E-state index contributed by atoms with van der Waals surface area (Å²) in [7, 11) is 0. The Morgan fingerprint density at radius 3 is 2.90 bits per heavy atom. The quantitative estimate of drug-likeness (QED) is 0.831. The van der Waals surface area contributed by atoms with Crippen LogP contribution in [0.2, 0.25) is 0 Å². The summed E-state index contributed by atoms with van der Waals surface area (Å²) in [4.78, 5) is 21.6. The molecule has 21 heavy (non-hydrogen) atoms. The summed E-state index contributed by atoms with van der Waals surface area (Å²) in [6.45, 7) is 4.49. The van der Waals surface area contributed by atoms with E-state index in [1.807, 2.05) is 17.5 Å². The Morgan fingerprint density at radius 1 is 1.38 bits per heavy atom. The van der Waals surface area contributed by atoms with Gasteiger partial charge in [-0.1, -0.05) is 6.07 Å². The Balaban J connectivity index is 1.39. The van der Waals surface area contributed by atoms with Crippen LogP contribution in [0.3, 0.4) is 0 Å². The van der Waals surface area contributed by atoms with Crippen molar-refractivity contribution in [2.24, 2.45) is 0 Å². The molecule has 0 aromatic carbocycles. The van der Waals surface area contributed by atoms with Gasteiger partial charge in [0.1, 0.15) is 6.33 Å². The Morgan fingerprint density at radius 2 is 2.24 bits per heavy atom. The van der Waals surface area contributed by atoms with Crippen LogP contribution in [0.25, 0.3) is 0 Å². The summed E-state index contributed by atoms with van der Waals surface area (Å²) in [5.74, 6) is 0.883. The van der Waals surface area contributed by atoms with Crippen LogP contribution in [0.1, 0.15) is 4.88 Å². The molecule has 0 radical (unpaired) electrons. The van der Waals surface area contributed by atoms with Gasteiger partial charge in [0, 0.05) is 31.1 Å². The molecule has 0 saturated carbocycles. The minimum Gasteiger partial charge on any atom is -0.350 e. The molecule has 2 aromatic rings. The summed E-state index contributed by atoms with van der Waals surface area (Å²) >= 11 is 1.66. The lowest BCUT2D eigenvalue weighted by Gasteiger charge is -2.33. The number of rotatable bonds is 5. The summed E-state index contributed by atoms with van der Waals surface area (Å²) < 4.78 is 0. The standard InChI is InChI=1S/C13H18N6OS/c20-12(14-8-11-2-1-7-21-11)9-18-3-5-19(6-4-18)13-15-10-16-17-13/h1-2,7,10H,3-6,8-9H2,(H,14,20)(H,15,16,17). The van der Waals surface area contributed by atoms with Gasteiger partial charge in [-0.2, -0.15) is 10.1 Å². The van der Waals surface area contributed by atoms with Crippen molar-refractivity contribution in [2.45, 2.75) is 6.54 Å². The fourth-order valence-corrected chi connectivity index (χ4v) is 2.97. The number of nitrogens with one attached hydrogen (secondary N) is 2. The lowest BCUT2D eigenvalue weighted by atomic mass is 10.3. The number of thiophene rings is 1. The first-order valence-corrected chi connectivity index (χ1v) is 7.81. The predicted octanol–water partition coefficient (Wildman–Crippen LogP) is 0.305. The number of amides is 1. The van der Waals surface area contributed by atoms with Gasteiger partial charge in [-0.15, -0.1) is 11.3 Å². The van der Waals surface area contributed by atoms with E-state index in [1.54, 1.807) is 11.3 Å². The number of aromatic nitrogens is 3. The van der Waals surface area contributed by atoms with Crippen LogP contribution in [0.4, 0.5) is 5.95 Å². The highest BCUT2D eigenvalue weighted by Gasteiger charge is 2.20. The third-order valence-corrected chi connectivity index (χ3v) is 4.36. The number of piperazine rings is 1. The minimum atomic E-state index is 0.0801. The molecule has 1 aliphatic rings. The maximum Gasteiger partial charge on any atom is 0.234 e. The molecule has 1 saturated heterocycles. The third-order valence-electron chi connectivity index (χ3n) is 3.48. The van der Waals surface area contributed by atoms with Gasteiger partial charge < -0.3 is 10.2 Å². The molecule has 0 spiro atoms. The highest BCUT2D eigenvalue weighted by Crippen LogP contribution is 2.09. The molecule has 2 aromatic heterocycles. The number of hydrogen-bond donors (Lipinski definition) is 2. The van der Waals surface area contributed by atoms with E-state index < -0.39 is 0 Å². The van der Waals surface area contributed by atoms with Crippen LogP contribution >= 0.6 is 11.3 Å². The Kier molecular flexibility index (Phi) is 4.46. The van der Waals surface area contributed by atoms with Gasteiger partial charge in [0.2, 0.25) is 11.9 Å². The van der Waals surface area contributed by atoms with Crippen molar-refractivity contribution in [1.29, 1.82) is 0 Å². The van der Waals surface area contributed by atoms with Gasteiger partial charge >= 0.3 is 0 Å². The van der Waals surface area contributed by atoms with Crippen molar-refractivity contribution in [3.63, 3.8) is 0 Å². The Hall–Kier alpha value is -1.93. The molecule has 3 heterocycles. The highest BCUT2D eigenvalue weighted by molar-refractivity contribution is 7.09. The SMILES string of the molecule is O=C(CN1CCN(c2ncn[nH]2)CC1)NCc1cccs1. The second kappa shape index (κ2) is 6.68. The largest absolute Gasteiger partial charge is 0.350 e. The molecule has 3 rings (SSSR count). The molecular weight excluding hydrogens is 288 g/mol. The smallest absolute Gasteiger partial charge is 0.234 e. The molecule has 7 nitrogen and oxygen atoms in total. The van der Waals surface area contributed by atoms with E-state index in [-0.39, 0.29) is 5.91 Å². The molecule has 1 aliphatic heterocycles. The lowest BCUT2D eigenvalue weighted by molar-refractivity contribution is -0.122. The van der Waals surface area contributed by atoms with Crippen molar-refractivity contribution in [2.75, 3.05) is 37.6 Å². The second-order valence-corrected chi connectivity index (χ2v) is 5.96. The highest BCUT2D eigenvalue weighted by atomic mass is 32.1. The number of carbonyl (C=O) groups is 1. The normalized spacial score (nSPS) is 16.1. The van der Waals surface area contributed by atoms with Crippen molar-refractivity contribution < 1.29 is 4.79 Å². The average Bonchev–Trinajstić information content (AvgIpc) is 3.19. The zero-order chi connectivity index (χ0) is 14.5. The lowest BCUT2D eigenvalue weighted by Crippen LogP contribution is -2.49. The van der Waals surface area contributed by atoms with Crippen molar-refractivity contribution >= 4 is 23.2 Å². The molecule has 8 heteroatoms. The molecule has 0 atom stereocenters. The summed E-state index contributed by atoms with van der Waals surface area (Å²) in [5, 5.41) is 11.7. The molecule has 1 amide bonds. The van der Waals surface area contributed by atoms with Gasteiger partial charge in [-0.3, -0.25) is 9.69 Å². The van der Waals surface area contributed by atoms with E-state index in [1.165, 1.54) is 11.2 Å². The van der Waals surface area contributed by atoms with E-state index in [0.717, 1.165) is 32.1 Å². The van der Waals surface area contributed by atoms with Crippen LogP contribution in [0.15, 0.2) is 23.8 Å². The Labute approximate surface area is 127 Å². The molecule has 1 fully saturated rings. The van der Waals surface area contributed by atoms with Crippen LogP contribution in [-0.2, 0) is 11.3 Å². The second-order valence-electron chi connectivity index (χ2n) is 4.93. The molecule has 0 aliphatic carbocycles. The monoisotopic (exact) mass is 306 g/mol. The number of carbonyl (C=O) groups excluding carboxylic acids is 1. The average molecular weight is 306 g/mol. The van der Waals surface area contributed by atoms with Crippen molar-refractivity contribution in [3.05, 3.63) is 28.7 Å². The van der Waals surface area contributed by atoms with E-state index in [2.05, 4.69) is 30.3 Å². The first-order chi connectivity index (χ1) is 10.3. The van der Waals surface area contributed by atoms with Gasteiger partial charge in [0.25, 0.3) is 0 Å². The zero-order valence-electron chi connectivity index (χ0n) is 11.7. The van der Waals surface area contributed by atoms with E-state index in [9.17, 15) is 4.79 Å². The fourth-order valence-electron chi connectivity index (χ4n) is 2.33. The maximum atomic E-state index is 11.9. The van der Waals surface area contributed by atoms with Crippen LogP contribution in [0, 0.1) is 0 Å². The predicted molar refractivity (Wildman–Crippen MR) is 81.2 cm³/mol.